The zero-order valence-electron chi connectivity index (χ0n) is 12.3. The summed E-state index contributed by atoms with van der Waals surface area (Å²) in [6, 6.07) is 9.78. The van der Waals surface area contributed by atoms with E-state index >= 15 is 0 Å². The van der Waals surface area contributed by atoms with Gasteiger partial charge in [0.2, 0.25) is 5.78 Å². The summed E-state index contributed by atoms with van der Waals surface area (Å²) in [5.74, 6) is -2.35. The molecule has 1 aromatic carbocycles. The van der Waals surface area contributed by atoms with Gasteiger partial charge < -0.3 is 9.84 Å². The molecule has 6 heteroatoms. The zero-order chi connectivity index (χ0) is 16.4. The van der Waals surface area contributed by atoms with E-state index in [2.05, 4.69) is 0 Å². The number of allylic oxidation sites excluding steroid dienone is 1. The second-order valence-electron chi connectivity index (χ2n) is 4.31. The third-order valence-corrected chi connectivity index (χ3v) is 3.73. The van der Waals surface area contributed by atoms with Crippen molar-refractivity contribution in [2.45, 2.75) is 19.8 Å². The highest BCUT2D eigenvalue weighted by atomic mass is 32.2. The summed E-state index contributed by atoms with van der Waals surface area (Å²) >= 11 is 1.26. The molecule has 0 aliphatic rings. The van der Waals surface area contributed by atoms with Gasteiger partial charge in [0.1, 0.15) is 0 Å². The average molecular weight is 322 g/mol. The number of esters is 1. The van der Waals surface area contributed by atoms with Crippen molar-refractivity contribution in [3.8, 4) is 0 Å². The number of hydrogen-bond acceptors (Lipinski definition) is 5. The lowest BCUT2D eigenvalue weighted by atomic mass is 10.2. The van der Waals surface area contributed by atoms with Crippen molar-refractivity contribution in [2.24, 2.45) is 0 Å². The molecule has 0 radical (unpaired) electrons. The predicted molar refractivity (Wildman–Crippen MR) is 84.6 cm³/mol. The molecule has 0 atom stereocenters. The largest absolute Gasteiger partial charge is 0.475 e. The van der Waals surface area contributed by atoms with Gasteiger partial charge >= 0.3 is 11.9 Å². The Kier molecular flexibility index (Phi) is 7.99. The third kappa shape index (κ3) is 6.58. The number of ketones is 1. The van der Waals surface area contributed by atoms with Crippen LogP contribution in [0, 0.1) is 0 Å². The minimum atomic E-state index is -1.51. The Hall–Kier alpha value is -2.08. The topological polar surface area (TPSA) is 80.7 Å². The smallest absolute Gasteiger partial charge is 0.372 e. The van der Waals surface area contributed by atoms with Crippen molar-refractivity contribution in [3.05, 3.63) is 46.9 Å². The molecule has 1 rings (SSSR count). The number of hydrogen-bond donors (Lipinski definition) is 1. The zero-order valence-corrected chi connectivity index (χ0v) is 13.1. The molecule has 5 nitrogen and oxygen atoms in total. The first-order valence-electron chi connectivity index (χ1n) is 6.84. The lowest BCUT2D eigenvalue weighted by molar-refractivity contribution is -0.148. The van der Waals surface area contributed by atoms with E-state index in [9.17, 15) is 14.4 Å². The molecular weight excluding hydrogens is 304 g/mol. The summed E-state index contributed by atoms with van der Waals surface area (Å²) in [5.41, 5.74) is 1.14. The van der Waals surface area contributed by atoms with E-state index < -0.39 is 17.7 Å². The van der Waals surface area contributed by atoms with Crippen LogP contribution in [0.4, 0.5) is 0 Å². The van der Waals surface area contributed by atoms with Crippen molar-refractivity contribution in [1.29, 1.82) is 0 Å². The fraction of sp³-hybridized carbons (Fsp3) is 0.312. The van der Waals surface area contributed by atoms with Crippen LogP contribution in [-0.4, -0.2) is 35.2 Å². The van der Waals surface area contributed by atoms with Crippen LogP contribution in [-0.2, 0) is 25.5 Å². The minimum Gasteiger partial charge on any atom is -0.475 e. The number of aryl methyl sites for hydroxylation is 1. The Balaban J connectivity index is 2.61. The van der Waals surface area contributed by atoms with Gasteiger partial charge in [0.25, 0.3) is 0 Å². The highest BCUT2D eigenvalue weighted by Crippen LogP contribution is 2.20. The van der Waals surface area contributed by atoms with Crippen LogP contribution >= 0.6 is 11.8 Å². The van der Waals surface area contributed by atoms with Gasteiger partial charge in [0.05, 0.1) is 11.5 Å². The molecule has 1 aromatic rings. The standard InChI is InChI=1S/C16H18O5S/c1-2-21-16(20)14(9-8-13(17)15(18)19)22-11-10-12-6-4-3-5-7-12/h3-7,9H,2,8,10-11H2,1H3,(H,18,19). The van der Waals surface area contributed by atoms with Gasteiger partial charge in [-0.05, 0) is 18.9 Å². The first-order valence-corrected chi connectivity index (χ1v) is 7.83. The van der Waals surface area contributed by atoms with E-state index in [1.807, 2.05) is 30.3 Å². The van der Waals surface area contributed by atoms with E-state index in [1.165, 1.54) is 17.8 Å². The molecule has 1 N–H and O–H groups in total. The van der Waals surface area contributed by atoms with E-state index in [4.69, 9.17) is 9.84 Å². The molecule has 0 aromatic heterocycles. The molecule has 0 heterocycles. The number of ether oxygens (including phenoxy) is 1. The molecule has 0 aliphatic heterocycles. The van der Waals surface area contributed by atoms with Crippen molar-refractivity contribution in [2.75, 3.05) is 12.4 Å². The monoisotopic (exact) mass is 322 g/mol. The second-order valence-corrected chi connectivity index (χ2v) is 5.44. The average Bonchev–Trinajstić information content (AvgIpc) is 2.51. The molecule has 0 fully saturated rings. The Morgan fingerprint density at radius 2 is 1.91 bits per heavy atom. The molecule has 0 unspecified atom stereocenters. The number of carbonyl (C=O) groups is 3. The summed E-state index contributed by atoms with van der Waals surface area (Å²) < 4.78 is 4.91. The van der Waals surface area contributed by atoms with E-state index in [-0.39, 0.29) is 17.9 Å². The van der Waals surface area contributed by atoms with Gasteiger partial charge in [0.15, 0.2) is 0 Å². The molecule has 22 heavy (non-hydrogen) atoms. The number of carboxylic acid groups (broad SMARTS) is 1. The number of rotatable bonds is 9. The lowest BCUT2D eigenvalue weighted by Gasteiger charge is -2.07. The van der Waals surface area contributed by atoms with Crippen LogP contribution in [0.2, 0.25) is 0 Å². The van der Waals surface area contributed by atoms with Crippen molar-refractivity contribution < 1.29 is 24.2 Å². The van der Waals surface area contributed by atoms with Gasteiger partial charge in [-0.25, -0.2) is 9.59 Å². The number of aliphatic carboxylic acids is 1. The predicted octanol–water partition coefficient (Wildman–Crippen LogP) is 2.45. The fourth-order valence-electron chi connectivity index (χ4n) is 1.60. The number of thioether (sulfide) groups is 1. The van der Waals surface area contributed by atoms with E-state index in [1.54, 1.807) is 6.92 Å². The molecule has 0 aliphatic carbocycles. The van der Waals surface area contributed by atoms with E-state index in [0.29, 0.717) is 5.75 Å². The van der Waals surface area contributed by atoms with Crippen molar-refractivity contribution >= 4 is 29.5 Å². The Morgan fingerprint density at radius 3 is 2.50 bits per heavy atom. The van der Waals surface area contributed by atoms with Crippen LogP contribution in [0.1, 0.15) is 18.9 Å². The van der Waals surface area contributed by atoms with Crippen LogP contribution in [0.25, 0.3) is 0 Å². The summed E-state index contributed by atoms with van der Waals surface area (Å²) in [7, 11) is 0. The van der Waals surface area contributed by atoms with Crippen molar-refractivity contribution in [1.82, 2.24) is 0 Å². The number of Topliss-reactive ketones (excluding diaryl/α,β-unsaturated/α-hetero) is 1. The second kappa shape index (κ2) is 9.78. The summed E-state index contributed by atoms with van der Waals surface area (Å²) in [6.07, 6.45) is 1.76. The Labute approximate surface area is 133 Å². The maximum absolute atomic E-state index is 11.8. The van der Waals surface area contributed by atoms with Gasteiger partial charge in [-0.1, -0.05) is 36.4 Å². The van der Waals surface area contributed by atoms with Crippen LogP contribution in [0.5, 0.6) is 0 Å². The highest BCUT2D eigenvalue weighted by Gasteiger charge is 2.14. The molecule has 118 valence electrons. The van der Waals surface area contributed by atoms with Crippen LogP contribution in [0.15, 0.2) is 41.3 Å². The number of carbonyl (C=O) groups excluding carboxylic acids is 2. The maximum Gasteiger partial charge on any atom is 0.372 e. The van der Waals surface area contributed by atoms with Gasteiger partial charge in [-0.2, -0.15) is 0 Å². The molecule has 0 bridgehead atoms. The quantitative estimate of drug-likeness (QED) is 0.427. The fourth-order valence-corrected chi connectivity index (χ4v) is 2.54. The SMILES string of the molecule is CCOC(=O)C(=CCC(=O)C(=O)O)SCCc1ccccc1. The molecule has 0 spiro atoms. The first kappa shape index (κ1) is 18.0. The molecule has 0 saturated carbocycles. The number of carboxylic acids is 1. The normalized spacial score (nSPS) is 11.0. The maximum atomic E-state index is 11.8. The van der Waals surface area contributed by atoms with Gasteiger partial charge in [-0.15, -0.1) is 11.8 Å². The first-order chi connectivity index (χ1) is 10.5. The Bertz CT molecular complexity index is 551. The van der Waals surface area contributed by atoms with Crippen molar-refractivity contribution in [3.63, 3.8) is 0 Å². The molecule has 0 saturated heterocycles. The Morgan fingerprint density at radius 1 is 1.23 bits per heavy atom. The van der Waals surface area contributed by atoms with Crippen LogP contribution < -0.4 is 0 Å². The lowest BCUT2D eigenvalue weighted by Crippen LogP contribution is -2.12. The molecular formula is C16H18O5S. The third-order valence-electron chi connectivity index (χ3n) is 2.68. The van der Waals surface area contributed by atoms with E-state index in [0.717, 1.165) is 12.0 Å². The minimum absolute atomic E-state index is 0.224. The van der Waals surface area contributed by atoms with Gasteiger partial charge in [0, 0.05) is 12.2 Å². The number of benzene rings is 1. The summed E-state index contributed by atoms with van der Waals surface area (Å²) in [6.45, 7) is 1.91. The van der Waals surface area contributed by atoms with Gasteiger partial charge in [-0.3, -0.25) is 4.79 Å². The highest BCUT2D eigenvalue weighted by molar-refractivity contribution is 8.03. The summed E-state index contributed by atoms with van der Waals surface area (Å²) in [4.78, 5) is 33.7. The summed E-state index contributed by atoms with van der Waals surface area (Å²) in [5, 5.41) is 8.56. The molecule has 0 amide bonds. The van der Waals surface area contributed by atoms with Crippen LogP contribution in [0.3, 0.4) is 0 Å².